The van der Waals surface area contributed by atoms with Crippen LogP contribution in [0.25, 0.3) is 0 Å². The summed E-state index contributed by atoms with van der Waals surface area (Å²) in [6.45, 7) is 6.93. The maximum atomic E-state index is 11.4. The van der Waals surface area contributed by atoms with E-state index in [0.29, 0.717) is 10.6 Å². The zero-order chi connectivity index (χ0) is 14.6. The number of amides is 1. The molecule has 6 nitrogen and oxygen atoms in total. The Hall–Kier alpha value is -1.89. The number of ether oxygens (including phenoxy) is 1. The molecule has 1 rings (SSSR count). The Kier molecular flexibility index (Phi) is 4.66. The lowest BCUT2D eigenvalue weighted by atomic mass is 10.2. The number of hydrazone groups is 1. The fraction of sp³-hybridized carbons (Fsp3) is 0.417. The largest absolute Gasteiger partial charge is 0.477 e. The fourth-order valence-electron chi connectivity index (χ4n) is 1.13. The van der Waals surface area contributed by atoms with Crippen LogP contribution < -0.4 is 5.43 Å². The van der Waals surface area contributed by atoms with Crippen LogP contribution in [0.4, 0.5) is 4.79 Å². The maximum Gasteiger partial charge on any atom is 0.428 e. The number of hydrogen-bond acceptors (Lipinski definition) is 5. The number of hydrogen-bond donors (Lipinski definition) is 2. The van der Waals surface area contributed by atoms with Gasteiger partial charge in [0.15, 0.2) is 0 Å². The molecule has 0 aliphatic heterocycles. The van der Waals surface area contributed by atoms with Gasteiger partial charge in [-0.3, -0.25) is 0 Å². The second-order valence-corrected chi connectivity index (χ2v) is 5.86. The first-order valence-corrected chi connectivity index (χ1v) is 6.37. The molecule has 1 heterocycles. The summed E-state index contributed by atoms with van der Waals surface area (Å²) >= 11 is 1.09. The summed E-state index contributed by atoms with van der Waals surface area (Å²) in [6.07, 6.45) is -0.651. The molecule has 0 saturated carbocycles. The Morgan fingerprint density at radius 3 is 2.37 bits per heavy atom. The number of nitrogens with zero attached hydrogens (tertiary/aromatic N) is 1. The molecule has 1 amide bonds. The van der Waals surface area contributed by atoms with Gasteiger partial charge in [-0.05, 0) is 39.8 Å². The molecule has 2 N–H and O–H groups in total. The highest BCUT2D eigenvalue weighted by Crippen LogP contribution is 2.17. The SMILES string of the molecule is C/C(=N/NC(=O)OC(C)(C)C)c1ccc(C(=O)O)s1. The minimum atomic E-state index is -0.982. The number of nitrogens with one attached hydrogen (secondary N) is 1. The van der Waals surface area contributed by atoms with Crippen molar-refractivity contribution in [3.8, 4) is 0 Å². The molecule has 0 spiro atoms. The molecule has 0 radical (unpaired) electrons. The number of carbonyl (C=O) groups excluding carboxylic acids is 1. The van der Waals surface area contributed by atoms with E-state index >= 15 is 0 Å². The van der Waals surface area contributed by atoms with Crippen molar-refractivity contribution >= 4 is 29.1 Å². The van der Waals surface area contributed by atoms with Crippen LogP contribution in [-0.2, 0) is 4.74 Å². The number of aromatic carboxylic acids is 1. The van der Waals surface area contributed by atoms with Gasteiger partial charge in [-0.1, -0.05) is 0 Å². The lowest BCUT2D eigenvalue weighted by Crippen LogP contribution is -2.30. The van der Waals surface area contributed by atoms with E-state index in [-0.39, 0.29) is 4.88 Å². The third-order valence-corrected chi connectivity index (χ3v) is 3.07. The van der Waals surface area contributed by atoms with E-state index in [4.69, 9.17) is 9.84 Å². The monoisotopic (exact) mass is 284 g/mol. The van der Waals surface area contributed by atoms with Crippen molar-refractivity contribution in [1.82, 2.24) is 5.43 Å². The Balaban J connectivity index is 2.66. The lowest BCUT2D eigenvalue weighted by molar-refractivity contribution is 0.0528. The molecular formula is C12H16N2O4S. The molecule has 0 atom stereocenters. The van der Waals surface area contributed by atoms with E-state index < -0.39 is 17.7 Å². The van der Waals surface area contributed by atoms with Gasteiger partial charge in [0.25, 0.3) is 0 Å². The smallest absolute Gasteiger partial charge is 0.428 e. The van der Waals surface area contributed by atoms with E-state index in [1.165, 1.54) is 6.07 Å². The second kappa shape index (κ2) is 5.83. The zero-order valence-electron chi connectivity index (χ0n) is 11.2. The number of carbonyl (C=O) groups is 2. The number of thiophene rings is 1. The van der Waals surface area contributed by atoms with E-state index in [9.17, 15) is 9.59 Å². The highest BCUT2D eigenvalue weighted by molar-refractivity contribution is 7.15. The fourth-order valence-corrected chi connectivity index (χ4v) is 1.92. The van der Waals surface area contributed by atoms with Crippen molar-refractivity contribution in [3.63, 3.8) is 0 Å². The number of carboxylic acids is 1. The van der Waals surface area contributed by atoms with Crippen LogP contribution in [0.1, 0.15) is 42.2 Å². The van der Waals surface area contributed by atoms with Gasteiger partial charge in [0, 0.05) is 0 Å². The molecule has 0 aromatic carbocycles. The van der Waals surface area contributed by atoms with Crippen molar-refractivity contribution in [2.75, 3.05) is 0 Å². The quantitative estimate of drug-likeness (QED) is 0.659. The van der Waals surface area contributed by atoms with Crippen molar-refractivity contribution in [3.05, 3.63) is 21.9 Å². The van der Waals surface area contributed by atoms with Crippen LogP contribution in [-0.4, -0.2) is 28.5 Å². The molecule has 0 bridgehead atoms. The topological polar surface area (TPSA) is 88.0 Å². The molecule has 0 fully saturated rings. The maximum absolute atomic E-state index is 11.4. The van der Waals surface area contributed by atoms with Crippen molar-refractivity contribution in [2.45, 2.75) is 33.3 Å². The van der Waals surface area contributed by atoms with Crippen molar-refractivity contribution < 1.29 is 19.4 Å². The van der Waals surface area contributed by atoms with Gasteiger partial charge in [-0.15, -0.1) is 11.3 Å². The van der Waals surface area contributed by atoms with Gasteiger partial charge < -0.3 is 9.84 Å². The van der Waals surface area contributed by atoms with Crippen LogP contribution in [0.15, 0.2) is 17.2 Å². The zero-order valence-corrected chi connectivity index (χ0v) is 12.0. The molecule has 0 aliphatic carbocycles. The minimum Gasteiger partial charge on any atom is -0.477 e. The van der Waals surface area contributed by atoms with Crippen LogP contribution in [0.5, 0.6) is 0 Å². The average molecular weight is 284 g/mol. The molecule has 1 aromatic rings. The minimum absolute atomic E-state index is 0.224. The lowest BCUT2D eigenvalue weighted by Gasteiger charge is -2.18. The molecule has 0 saturated heterocycles. The van der Waals surface area contributed by atoms with Crippen LogP contribution in [0, 0.1) is 0 Å². The predicted octanol–water partition coefficient (Wildman–Crippen LogP) is 2.70. The van der Waals surface area contributed by atoms with E-state index in [0.717, 1.165) is 11.3 Å². The highest BCUT2D eigenvalue weighted by atomic mass is 32.1. The molecule has 1 aromatic heterocycles. The molecule has 0 aliphatic rings. The number of carboxylic acid groups (broad SMARTS) is 1. The average Bonchev–Trinajstić information content (AvgIpc) is 2.72. The summed E-state index contributed by atoms with van der Waals surface area (Å²) in [7, 11) is 0. The summed E-state index contributed by atoms with van der Waals surface area (Å²) in [5.41, 5.74) is 2.19. The van der Waals surface area contributed by atoms with Gasteiger partial charge >= 0.3 is 12.1 Å². The Bertz CT molecular complexity index is 514. The van der Waals surface area contributed by atoms with Gasteiger partial charge in [0.1, 0.15) is 10.5 Å². The van der Waals surface area contributed by atoms with Crippen molar-refractivity contribution in [1.29, 1.82) is 0 Å². The third kappa shape index (κ3) is 5.09. The van der Waals surface area contributed by atoms with E-state index in [1.807, 2.05) is 0 Å². The Morgan fingerprint density at radius 1 is 1.32 bits per heavy atom. The normalized spacial score (nSPS) is 12.1. The standard InChI is InChI=1S/C12H16N2O4S/c1-7(8-5-6-9(19-8)10(15)16)13-14-11(17)18-12(2,3)4/h5-6H,1-4H3,(H,14,17)(H,15,16)/b13-7-. The molecule has 0 unspecified atom stereocenters. The van der Waals surface area contributed by atoms with Crippen LogP contribution >= 0.6 is 11.3 Å². The molecule has 104 valence electrons. The molecular weight excluding hydrogens is 268 g/mol. The first-order chi connectivity index (χ1) is 8.69. The van der Waals surface area contributed by atoms with Gasteiger partial charge in [0.05, 0.1) is 10.6 Å². The summed E-state index contributed by atoms with van der Waals surface area (Å²) < 4.78 is 5.02. The first kappa shape index (κ1) is 15.2. The van der Waals surface area contributed by atoms with E-state index in [2.05, 4.69) is 10.5 Å². The van der Waals surface area contributed by atoms with Gasteiger partial charge in [-0.2, -0.15) is 5.10 Å². The third-order valence-electron chi connectivity index (χ3n) is 1.89. The summed E-state index contributed by atoms with van der Waals surface area (Å²) in [4.78, 5) is 23.0. The first-order valence-electron chi connectivity index (χ1n) is 5.56. The number of rotatable bonds is 3. The second-order valence-electron chi connectivity index (χ2n) is 4.78. The van der Waals surface area contributed by atoms with Crippen LogP contribution in [0.3, 0.4) is 0 Å². The summed E-state index contributed by atoms with van der Waals surface area (Å²) in [5.74, 6) is -0.982. The molecule has 7 heteroatoms. The Morgan fingerprint density at radius 2 is 1.89 bits per heavy atom. The van der Waals surface area contributed by atoms with Gasteiger partial charge in [-0.25, -0.2) is 15.0 Å². The predicted molar refractivity (Wildman–Crippen MR) is 72.9 cm³/mol. The van der Waals surface area contributed by atoms with Gasteiger partial charge in [0.2, 0.25) is 0 Å². The summed E-state index contributed by atoms with van der Waals surface area (Å²) in [5, 5.41) is 12.7. The summed E-state index contributed by atoms with van der Waals surface area (Å²) in [6, 6.07) is 3.14. The highest BCUT2D eigenvalue weighted by Gasteiger charge is 2.16. The van der Waals surface area contributed by atoms with Crippen LogP contribution in [0.2, 0.25) is 0 Å². The Labute approximate surface area is 115 Å². The molecule has 19 heavy (non-hydrogen) atoms. The van der Waals surface area contributed by atoms with E-state index in [1.54, 1.807) is 33.8 Å². The van der Waals surface area contributed by atoms with Crippen molar-refractivity contribution in [2.24, 2.45) is 5.10 Å².